The lowest BCUT2D eigenvalue weighted by Crippen LogP contribution is -2.15. The molecule has 0 aromatic heterocycles. The Bertz CT molecular complexity index is 441. The van der Waals surface area contributed by atoms with Gasteiger partial charge >= 0.3 is 0 Å². The molecule has 1 aliphatic carbocycles. The van der Waals surface area contributed by atoms with E-state index in [1.165, 1.54) is 11.1 Å². The van der Waals surface area contributed by atoms with Gasteiger partial charge in [0.15, 0.2) is 11.5 Å². The maximum atomic E-state index is 5.43. The van der Waals surface area contributed by atoms with E-state index >= 15 is 0 Å². The number of oxime groups is 1. The average Bonchev–Trinajstić information content (AvgIpc) is 2.37. The van der Waals surface area contributed by atoms with Crippen molar-refractivity contribution in [3.63, 3.8) is 0 Å². The Morgan fingerprint density at radius 3 is 2.53 bits per heavy atom. The molecule has 1 aromatic carbocycles. The van der Waals surface area contributed by atoms with Gasteiger partial charge in [0, 0.05) is 12.0 Å². The number of hydrogen-bond donors (Lipinski definition) is 0. The summed E-state index contributed by atoms with van der Waals surface area (Å²) < 4.78 is 10.7. The molecule has 0 amide bonds. The first-order valence-electron chi connectivity index (χ1n) is 5.61. The Hall–Kier alpha value is -1.71. The van der Waals surface area contributed by atoms with Crippen molar-refractivity contribution in [2.45, 2.75) is 19.3 Å². The summed E-state index contributed by atoms with van der Waals surface area (Å²) in [6.07, 6.45) is 2.64. The van der Waals surface area contributed by atoms with Crippen LogP contribution < -0.4 is 9.47 Å². The van der Waals surface area contributed by atoms with Crippen molar-refractivity contribution in [2.75, 3.05) is 21.3 Å². The Kier molecular flexibility index (Phi) is 3.52. The lowest BCUT2D eigenvalue weighted by atomic mass is 9.89. The van der Waals surface area contributed by atoms with Crippen LogP contribution in [0.4, 0.5) is 0 Å². The summed E-state index contributed by atoms with van der Waals surface area (Å²) in [6, 6.07) is 4.01. The molecule has 1 aromatic rings. The van der Waals surface area contributed by atoms with E-state index < -0.39 is 0 Å². The second kappa shape index (κ2) is 5.08. The normalized spacial score (nSPS) is 16.5. The molecular weight excluding hydrogens is 218 g/mol. The minimum Gasteiger partial charge on any atom is -0.493 e. The summed E-state index contributed by atoms with van der Waals surface area (Å²) >= 11 is 0. The molecule has 0 bridgehead atoms. The van der Waals surface area contributed by atoms with Crippen molar-refractivity contribution in [2.24, 2.45) is 5.16 Å². The smallest absolute Gasteiger partial charge is 0.164 e. The third kappa shape index (κ3) is 2.20. The van der Waals surface area contributed by atoms with Gasteiger partial charge in [0.25, 0.3) is 0 Å². The summed E-state index contributed by atoms with van der Waals surface area (Å²) in [5.74, 6) is 1.64. The van der Waals surface area contributed by atoms with Crippen LogP contribution in [0.2, 0.25) is 0 Å². The Morgan fingerprint density at radius 2 is 1.88 bits per heavy atom. The number of fused-ring (bicyclic) bond motifs is 1. The molecule has 4 nitrogen and oxygen atoms in total. The minimum absolute atomic E-state index is 0.790. The lowest BCUT2D eigenvalue weighted by molar-refractivity contribution is 0.211. The van der Waals surface area contributed by atoms with E-state index in [0.717, 1.165) is 36.5 Å². The van der Waals surface area contributed by atoms with Crippen molar-refractivity contribution in [3.05, 3.63) is 23.3 Å². The highest BCUT2D eigenvalue weighted by molar-refractivity contribution is 5.88. The van der Waals surface area contributed by atoms with Crippen LogP contribution >= 0.6 is 0 Å². The van der Waals surface area contributed by atoms with E-state index in [4.69, 9.17) is 14.3 Å². The lowest BCUT2D eigenvalue weighted by Gasteiger charge is -2.21. The largest absolute Gasteiger partial charge is 0.493 e. The van der Waals surface area contributed by atoms with E-state index in [-0.39, 0.29) is 0 Å². The maximum absolute atomic E-state index is 5.43. The van der Waals surface area contributed by atoms with Crippen LogP contribution in [-0.2, 0) is 17.7 Å². The molecule has 0 atom stereocenters. The third-order valence-corrected chi connectivity index (χ3v) is 3.02. The summed E-state index contributed by atoms with van der Waals surface area (Å²) in [4.78, 5) is 4.83. The molecule has 0 spiro atoms. The van der Waals surface area contributed by atoms with E-state index in [2.05, 4.69) is 11.2 Å². The quantitative estimate of drug-likeness (QED) is 0.754. The zero-order valence-electron chi connectivity index (χ0n) is 10.4. The van der Waals surface area contributed by atoms with Gasteiger partial charge in [0.05, 0.1) is 19.9 Å². The van der Waals surface area contributed by atoms with E-state index in [1.807, 2.05) is 6.07 Å². The molecule has 0 saturated heterocycles. The van der Waals surface area contributed by atoms with E-state index in [0.29, 0.717) is 0 Å². The van der Waals surface area contributed by atoms with Crippen LogP contribution in [0.1, 0.15) is 17.5 Å². The van der Waals surface area contributed by atoms with Gasteiger partial charge in [0.1, 0.15) is 7.11 Å². The van der Waals surface area contributed by atoms with Gasteiger partial charge in [-0.15, -0.1) is 0 Å². The van der Waals surface area contributed by atoms with Crippen LogP contribution in [0.3, 0.4) is 0 Å². The second-order valence-corrected chi connectivity index (χ2v) is 3.96. The molecule has 4 heteroatoms. The van der Waals surface area contributed by atoms with Crippen molar-refractivity contribution in [1.29, 1.82) is 0 Å². The van der Waals surface area contributed by atoms with Crippen molar-refractivity contribution < 1.29 is 14.3 Å². The summed E-state index contributed by atoms with van der Waals surface area (Å²) in [7, 11) is 4.92. The first-order chi connectivity index (χ1) is 8.30. The number of benzene rings is 1. The van der Waals surface area contributed by atoms with Gasteiger partial charge in [0.2, 0.25) is 0 Å². The molecule has 0 N–H and O–H groups in total. The van der Waals surface area contributed by atoms with Gasteiger partial charge in [-0.1, -0.05) is 11.2 Å². The van der Waals surface area contributed by atoms with Crippen molar-refractivity contribution in [3.8, 4) is 11.5 Å². The molecule has 2 rings (SSSR count). The van der Waals surface area contributed by atoms with Crippen LogP contribution in [0.25, 0.3) is 0 Å². The highest BCUT2D eigenvalue weighted by atomic mass is 16.6. The number of ether oxygens (including phenoxy) is 2. The predicted molar refractivity (Wildman–Crippen MR) is 66.0 cm³/mol. The standard InChI is InChI=1S/C13H17NO3/c1-15-12-7-4-9-8-10(14-17-3)5-6-11(9)13(12)16-2/h4,7H,5-6,8H2,1-3H3/b14-10+. The Labute approximate surface area is 101 Å². The fourth-order valence-electron chi connectivity index (χ4n) is 2.26. The SMILES string of the molecule is CO/N=C1\CCc2c(ccc(OC)c2OC)C1. The maximum Gasteiger partial charge on any atom is 0.164 e. The Balaban J connectivity index is 2.38. The first kappa shape index (κ1) is 11.8. The van der Waals surface area contributed by atoms with Crippen molar-refractivity contribution in [1.82, 2.24) is 0 Å². The zero-order chi connectivity index (χ0) is 12.3. The van der Waals surface area contributed by atoms with Crippen LogP contribution in [0, 0.1) is 0 Å². The monoisotopic (exact) mass is 235 g/mol. The highest BCUT2D eigenvalue weighted by Crippen LogP contribution is 2.36. The van der Waals surface area contributed by atoms with Gasteiger partial charge in [-0.3, -0.25) is 0 Å². The topological polar surface area (TPSA) is 40.0 Å². The van der Waals surface area contributed by atoms with Crippen LogP contribution in [-0.4, -0.2) is 27.0 Å². The van der Waals surface area contributed by atoms with Gasteiger partial charge < -0.3 is 14.3 Å². The molecule has 0 heterocycles. The van der Waals surface area contributed by atoms with Gasteiger partial charge in [-0.25, -0.2) is 0 Å². The highest BCUT2D eigenvalue weighted by Gasteiger charge is 2.21. The molecule has 92 valence electrons. The molecule has 1 aliphatic rings. The van der Waals surface area contributed by atoms with Crippen LogP contribution in [0.15, 0.2) is 17.3 Å². The molecule has 0 saturated carbocycles. The molecule has 0 fully saturated rings. The average molecular weight is 235 g/mol. The fourth-order valence-corrected chi connectivity index (χ4v) is 2.26. The molecular formula is C13H17NO3. The van der Waals surface area contributed by atoms with E-state index in [1.54, 1.807) is 21.3 Å². The summed E-state index contributed by atoms with van der Waals surface area (Å²) in [5, 5.41) is 4.03. The molecule has 0 unspecified atom stereocenters. The molecule has 17 heavy (non-hydrogen) atoms. The van der Waals surface area contributed by atoms with Crippen molar-refractivity contribution >= 4 is 5.71 Å². The predicted octanol–water partition coefficient (Wildman–Crippen LogP) is 2.19. The van der Waals surface area contributed by atoms with Gasteiger partial charge in [-0.2, -0.15) is 0 Å². The third-order valence-electron chi connectivity index (χ3n) is 3.02. The number of nitrogens with zero attached hydrogens (tertiary/aromatic N) is 1. The number of methoxy groups -OCH3 is 2. The molecule has 0 radical (unpaired) electrons. The summed E-state index contributed by atoms with van der Waals surface area (Å²) in [6.45, 7) is 0. The first-order valence-corrected chi connectivity index (χ1v) is 5.61. The number of hydrogen-bond acceptors (Lipinski definition) is 4. The Morgan fingerprint density at radius 1 is 1.06 bits per heavy atom. The second-order valence-electron chi connectivity index (χ2n) is 3.96. The fraction of sp³-hybridized carbons (Fsp3) is 0.462. The number of rotatable bonds is 3. The molecule has 0 aliphatic heterocycles. The summed E-state index contributed by atoms with van der Waals surface area (Å²) in [5.41, 5.74) is 3.54. The zero-order valence-corrected chi connectivity index (χ0v) is 10.4. The van der Waals surface area contributed by atoms with Crippen LogP contribution in [0.5, 0.6) is 11.5 Å². The minimum atomic E-state index is 0.790. The van der Waals surface area contributed by atoms with Gasteiger partial charge in [-0.05, 0) is 24.5 Å². The van der Waals surface area contributed by atoms with E-state index in [9.17, 15) is 0 Å².